The van der Waals surface area contributed by atoms with E-state index in [1.807, 2.05) is 13.8 Å². The van der Waals surface area contributed by atoms with Crippen LogP contribution in [0.3, 0.4) is 0 Å². The molecular weight excluding hydrogens is 482 g/mol. The molecule has 0 aliphatic carbocycles. The van der Waals surface area contributed by atoms with Crippen LogP contribution in [-0.4, -0.2) is 82.3 Å². The molecule has 0 bridgehead atoms. The molecule has 0 heterocycles. The van der Waals surface area contributed by atoms with Gasteiger partial charge in [-0.2, -0.15) is 12.6 Å². The second-order valence-electron chi connectivity index (χ2n) is 8.32. The van der Waals surface area contributed by atoms with Crippen LogP contribution in [0.4, 0.5) is 0 Å². The number of thiol groups is 1. The van der Waals surface area contributed by atoms with Gasteiger partial charge in [-0.3, -0.25) is 24.2 Å². The summed E-state index contributed by atoms with van der Waals surface area (Å²) in [7, 11) is 0. The number of carbonyl (C=O) groups is 5. The number of nitrogens with one attached hydrogen (secondary N) is 3. The zero-order valence-electron chi connectivity index (χ0n) is 19.9. The van der Waals surface area contributed by atoms with Gasteiger partial charge in [-0.15, -0.1) is 0 Å². The van der Waals surface area contributed by atoms with Crippen LogP contribution in [0.15, 0.2) is 4.99 Å². The highest BCUT2D eigenvalue weighted by atomic mass is 32.1. The van der Waals surface area contributed by atoms with Crippen molar-refractivity contribution in [2.24, 2.45) is 28.1 Å². The molecule has 0 saturated heterocycles. The Kier molecular flexibility index (Phi) is 15.1. The number of carbonyl (C=O) groups excluding carboxylic acids is 3. The van der Waals surface area contributed by atoms with Gasteiger partial charge in [0.2, 0.25) is 17.7 Å². The summed E-state index contributed by atoms with van der Waals surface area (Å²) >= 11 is 4.05. The maximum atomic E-state index is 12.8. The molecule has 0 radical (unpaired) electrons. The molecule has 0 saturated carbocycles. The number of nitrogens with two attached hydrogens (primary N) is 3. The van der Waals surface area contributed by atoms with E-state index in [2.05, 4.69) is 33.6 Å². The topological polar surface area (TPSA) is 252 Å². The van der Waals surface area contributed by atoms with Crippen molar-refractivity contribution >= 4 is 48.2 Å². The Morgan fingerprint density at radius 1 is 0.886 bits per heavy atom. The number of hydrogen-bond donors (Lipinski definition) is 9. The highest BCUT2D eigenvalue weighted by Crippen LogP contribution is 2.08. The summed E-state index contributed by atoms with van der Waals surface area (Å²) < 4.78 is 0. The second kappa shape index (κ2) is 16.5. The highest BCUT2D eigenvalue weighted by molar-refractivity contribution is 7.80. The third-order valence-corrected chi connectivity index (χ3v) is 5.09. The van der Waals surface area contributed by atoms with Crippen LogP contribution in [0.1, 0.15) is 46.0 Å². The Bertz CT molecular complexity index is 775. The molecule has 0 rings (SSSR count). The van der Waals surface area contributed by atoms with Crippen molar-refractivity contribution in [2.75, 3.05) is 12.3 Å². The van der Waals surface area contributed by atoms with Gasteiger partial charge in [0.1, 0.15) is 18.1 Å². The van der Waals surface area contributed by atoms with Gasteiger partial charge in [-0.25, -0.2) is 4.79 Å². The minimum absolute atomic E-state index is 0.0373. The first-order valence-corrected chi connectivity index (χ1v) is 11.7. The van der Waals surface area contributed by atoms with Gasteiger partial charge in [-0.05, 0) is 31.6 Å². The lowest BCUT2D eigenvalue weighted by Crippen LogP contribution is -2.57. The SMILES string of the molecule is CC(C)CC(NC(=O)C(CS)NC(=O)C(N)CCC(=O)O)C(=O)NC(CCCN=C(N)N)C(=O)O. The number of nitrogens with zero attached hydrogens (tertiary/aromatic N) is 1. The van der Waals surface area contributed by atoms with Crippen molar-refractivity contribution < 1.29 is 34.2 Å². The van der Waals surface area contributed by atoms with Gasteiger partial charge in [0, 0.05) is 18.7 Å². The zero-order chi connectivity index (χ0) is 27.1. The fourth-order valence-electron chi connectivity index (χ4n) is 2.89. The molecular formula is C20H37N7O7S. The molecule has 11 N–H and O–H groups in total. The first-order chi connectivity index (χ1) is 16.3. The Hall–Kier alpha value is -3.07. The van der Waals surface area contributed by atoms with Gasteiger partial charge >= 0.3 is 11.9 Å². The third kappa shape index (κ3) is 14.0. The normalized spacial score (nSPS) is 14.2. The molecule has 0 aromatic heterocycles. The lowest BCUT2D eigenvalue weighted by molar-refractivity contribution is -0.142. The van der Waals surface area contributed by atoms with E-state index in [4.69, 9.17) is 22.3 Å². The van der Waals surface area contributed by atoms with Crippen LogP contribution in [0, 0.1) is 5.92 Å². The van der Waals surface area contributed by atoms with Crippen molar-refractivity contribution in [3.05, 3.63) is 0 Å². The molecule has 4 atom stereocenters. The van der Waals surface area contributed by atoms with Gasteiger partial charge in [-0.1, -0.05) is 13.8 Å². The van der Waals surface area contributed by atoms with Crippen molar-refractivity contribution in [3.63, 3.8) is 0 Å². The number of carboxylic acids is 2. The molecule has 0 aromatic rings. The number of rotatable bonds is 17. The highest BCUT2D eigenvalue weighted by Gasteiger charge is 2.30. The van der Waals surface area contributed by atoms with Gasteiger partial charge < -0.3 is 43.4 Å². The summed E-state index contributed by atoms with van der Waals surface area (Å²) in [4.78, 5) is 63.8. The maximum Gasteiger partial charge on any atom is 0.326 e. The van der Waals surface area contributed by atoms with Gasteiger partial charge in [0.15, 0.2) is 5.96 Å². The van der Waals surface area contributed by atoms with E-state index < -0.39 is 53.8 Å². The third-order valence-electron chi connectivity index (χ3n) is 4.72. The van der Waals surface area contributed by atoms with E-state index in [1.54, 1.807) is 0 Å². The molecule has 14 nitrogen and oxygen atoms in total. The smallest absolute Gasteiger partial charge is 0.326 e. The largest absolute Gasteiger partial charge is 0.481 e. The molecule has 0 aliphatic rings. The van der Waals surface area contributed by atoms with E-state index >= 15 is 0 Å². The maximum absolute atomic E-state index is 12.8. The van der Waals surface area contributed by atoms with E-state index in [-0.39, 0.29) is 49.9 Å². The summed E-state index contributed by atoms with van der Waals surface area (Å²) in [6.45, 7) is 3.82. The number of carboxylic acid groups (broad SMARTS) is 2. The van der Waals surface area contributed by atoms with Crippen LogP contribution < -0.4 is 33.2 Å². The standard InChI is InChI=1S/C20H37N7O7S/c1-10(2)8-13(17(31)25-12(19(33)34)4-3-7-24-20(22)23)26-18(32)14(9-35)27-16(30)11(21)5-6-15(28)29/h10-14,35H,3-9,21H2,1-2H3,(H,25,31)(H,26,32)(H,27,30)(H,28,29)(H,33,34)(H4,22,23,24). The van der Waals surface area contributed by atoms with Crippen molar-refractivity contribution in [1.29, 1.82) is 0 Å². The van der Waals surface area contributed by atoms with Crippen LogP contribution in [0.2, 0.25) is 0 Å². The summed E-state index contributed by atoms with van der Waals surface area (Å²) in [5, 5.41) is 25.5. The fourth-order valence-corrected chi connectivity index (χ4v) is 3.15. The van der Waals surface area contributed by atoms with Crippen molar-refractivity contribution in [1.82, 2.24) is 16.0 Å². The Balaban J connectivity index is 5.22. The lowest BCUT2D eigenvalue weighted by Gasteiger charge is -2.25. The van der Waals surface area contributed by atoms with Gasteiger partial charge in [0.25, 0.3) is 0 Å². The van der Waals surface area contributed by atoms with Gasteiger partial charge in [0.05, 0.1) is 6.04 Å². The van der Waals surface area contributed by atoms with Crippen molar-refractivity contribution in [3.8, 4) is 0 Å². The molecule has 0 fully saturated rings. The average Bonchev–Trinajstić information content (AvgIpc) is 2.75. The summed E-state index contributed by atoms with van der Waals surface area (Å²) in [5.41, 5.74) is 16.1. The van der Waals surface area contributed by atoms with Crippen LogP contribution >= 0.6 is 12.6 Å². The summed E-state index contributed by atoms with van der Waals surface area (Å²) in [6, 6.07) is -4.61. The molecule has 35 heavy (non-hydrogen) atoms. The Morgan fingerprint density at radius 3 is 1.91 bits per heavy atom. The first kappa shape index (κ1) is 31.9. The van der Waals surface area contributed by atoms with E-state index in [1.165, 1.54) is 0 Å². The molecule has 15 heteroatoms. The quantitative estimate of drug-likeness (QED) is 0.0431. The molecule has 3 amide bonds. The number of aliphatic imine (C=N–C) groups is 1. The molecule has 0 aromatic carbocycles. The second-order valence-corrected chi connectivity index (χ2v) is 8.69. The summed E-state index contributed by atoms with van der Waals surface area (Å²) in [5.74, 6) is -4.83. The molecule has 0 aliphatic heterocycles. The minimum Gasteiger partial charge on any atom is -0.481 e. The Morgan fingerprint density at radius 2 is 1.43 bits per heavy atom. The summed E-state index contributed by atoms with van der Waals surface area (Å²) in [6.07, 6.45) is 0.110. The number of hydrogen-bond acceptors (Lipinski definition) is 8. The van der Waals surface area contributed by atoms with Crippen LogP contribution in [0.25, 0.3) is 0 Å². The predicted molar refractivity (Wildman–Crippen MR) is 131 cm³/mol. The van der Waals surface area contributed by atoms with Crippen LogP contribution in [0.5, 0.6) is 0 Å². The minimum atomic E-state index is -1.26. The number of aliphatic carboxylic acids is 2. The van der Waals surface area contributed by atoms with Crippen molar-refractivity contribution in [2.45, 2.75) is 70.1 Å². The monoisotopic (exact) mass is 519 g/mol. The number of amides is 3. The first-order valence-electron chi connectivity index (χ1n) is 11.1. The van der Waals surface area contributed by atoms with Crippen LogP contribution in [-0.2, 0) is 24.0 Å². The predicted octanol–water partition coefficient (Wildman–Crippen LogP) is -2.25. The zero-order valence-corrected chi connectivity index (χ0v) is 20.8. The molecule has 4 unspecified atom stereocenters. The lowest BCUT2D eigenvalue weighted by atomic mass is 10.0. The Labute approximate surface area is 209 Å². The molecule has 200 valence electrons. The fraction of sp³-hybridized carbons (Fsp3) is 0.700. The van der Waals surface area contributed by atoms with E-state index in [0.29, 0.717) is 6.42 Å². The average molecular weight is 520 g/mol. The van der Waals surface area contributed by atoms with E-state index in [9.17, 15) is 29.1 Å². The molecule has 0 spiro atoms. The number of guanidine groups is 1. The van der Waals surface area contributed by atoms with E-state index in [0.717, 1.165) is 0 Å².